The maximum Gasteiger partial charge on any atom is 0.0820 e. The topological polar surface area (TPSA) is 20.2 Å². The Kier molecular flexibility index (Phi) is 3.69. The number of rotatable bonds is 3. The lowest BCUT2D eigenvalue weighted by molar-refractivity contribution is 0.0833. The predicted octanol–water partition coefficient (Wildman–Crippen LogP) is 4.57. The van der Waals surface area contributed by atoms with Gasteiger partial charge in [-0.3, -0.25) is 0 Å². The molecule has 18 heavy (non-hydrogen) atoms. The zero-order valence-corrected chi connectivity index (χ0v) is 11.1. The van der Waals surface area contributed by atoms with Crippen molar-refractivity contribution in [1.82, 2.24) is 0 Å². The van der Waals surface area contributed by atoms with Crippen molar-refractivity contribution < 1.29 is 5.11 Å². The highest BCUT2D eigenvalue weighted by Crippen LogP contribution is 2.42. The van der Waals surface area contributed by atoms with Crippen molar-refractivity contribution in [3.8, 4) is 0 Å². The monoisotopic (exact) mass is 244 g/mol. The fourth-order valence-corrected chi connectivity index (χ4v) is 3.58. The van der Waals surface area contributed by atoms with E-state index in [1.165, 1.54) is 62.5 Å². The Morgan fingerprint density at radius 3 is 2.28 bits per heavy atom. The lowest BCUT2D eigenvalue weighted by atomic mass is 9.74. The Bertz CT molecular complexity index is 388. The minimum absolute atomic E-state index is 0.220. The molecule has 98 valence electrons. The Morgan fingerprint density at radius 1 is 0.889 bits per heavy atom. The van der Waals surface area contributed by atoms with Crippen LogP contribution in [0.3, 0.4) is 0 Å². The molecule has 0 aromatic heterocycles. The van der Waals surface area contributed by atoms with Crippen LogP contribution in [0.25, 0.3) is 0 Å². The summed E-state index contributed by atoms with van der Waals surface area (Å²) in [4.78, 5) is 0. The number of aliphatic hydroxyl groups is 1. The maximum absolute atomic E-state index is 10.7. The molecule has 2 aliphatic rings. The molecule has 0 bridgehead atoms. The molecule has 0 spiro atoms. The summed E-state index contributed by atoms with van der Waals surface area (Å²) in [6.07, 6.45) is 10.1. The van der Waals surface area contributed by atoms with Crippen molar-refractivity contribution >= 4 is 0 Å². The molecular weight excluding hydrogens is 220 g/mol. The van der Waals surface area contributed by atoms with E-state index in [9.17, 15) is 5.11 Å². The van der Waals surface area contributed by atoms with E-state index in [0.29, 0.717) is 5.92 Å². The van der Waals surface area contributed by atoms with Gasteiger partial charge in [0.25, 0.3) is 0 Å². The fourth-order valence-electron chi connectivity index (χ4n) is 3.58. The van der Waals surface area contributed by atoms with Crippen LogP contribution in [0.5, 0.6) is 0 Å². The third kappa shape index (κ3) is 2.33. The second kappa shape index (κ2) is 5.44. The minimum atomic E-state index is -0.220. The van der Waals surface area contributed by atoms with Crippen LogP contribution in [-0.4, -0.2) is 5.11 Å². The van der Waals surface area contributed by atoms with E-state index in [4.69, 9.17) is 0 Å². The number of hydrogen-bond donors (Lipinski definition) is 1. The van der Waals surface area contributed by atoms with E-state index in [1.54, 1.807) is 0 Å². The van der Waals surface area contributed by atoms with Gasteiger partial charge in [-0.15, -0.1) is 0 Å². The quantitative estimate of drug-likeness (QED) is 0.826. The summed E-state index contributed by atoms with van der Waals surface area (Å²) in [5.41, 5.74) is 2.66. The summed E-state index contributed by atoms with van der Waals surface area (Å²) in [6, 6.07) is 8.62. The Labute approximate surface area is 110 Å². The van der Waals surface area contributed by atoms with Crippen molar-refractivity contribution in [2.75, 3.05) is 0 Å². The molecule has 1 aromatic rings. The molecule has 1 heteroatoms. The lowest BCUT2D eigenvalue weighted by Gasteiger charge is -2.32. The van der Waals surface area contributed by atoms with Gasteiger partial charge >= 0.3 is 0 Å². The van der Waals surface area contributed by atoms with Gasteiger partial charge in [0.1, 0.15) is 0 Å². The van der Waals surface area contributed by atoms with E-state index in [2.05, 4.69) is 24.3 Å². The molecule has 1 unspecified atom stereocenters. The highest BCUT2D eigenvalue weighted by Gasteiger charge is 2.28. The van der Waals surface area contributed by atoms with Crippen molar-refractivity contribution in [3.05, 3.63) is 35.4 Å². The van der Waals surface area contributed by atoms with E-state index in [-0.39, 0.29) is 6.10 Å². The average Bonchev–Trinajstić information content (AvgIpc) is 2.38. The summed E-state index contributed by atoms with van der Waals surface area (Å²) >= 11 is 0. The van der Waals surface area contributed by atoms with Crippen molar-refractivity contribution in [2.45, 2.75) is 63.4 Å². The molecule has 1 aromatic carbocycles. The molecule has 1 nitrogen and oxygen atoms in total. The summed E-state index contributed by atoms with van der Waals surface area (Å²) in [5.74, 6) is 1.22. The van der Waals surface area contributed by atoms with Crippen LogP contribution < -0.4 is 0 Å². The summed E-state index contributed by atoms with van der Waals surface area (Å²) in [6.45, 7) is 0. The fraction of sp³-hybridized carbons (Fsp3) is 0.647. The van der Waals surface area contributed by atoms with Crippen molar-refractivity contribution in [1.29, 1.82) is 0 Å². The van der Waals surface area contributed by atoms with Gasteiger partial charge in [0.2, 0.25) is 0 Å². The molecule has 2 fully saturated rings. The van der Waals surface area contributed by atoms with E-state index in [0.717, 1.165) is 5.92 Å². The zero-order chi connectivity index (χ0) is 12.4. The van der Waals surface area contributed by atoms with Crippen LogP contribution in [0.2, 0.25) is 0 Å². The molecule has 1 N–H and O–H groups in total. The van der Waals surface area contributed by atoms with E-state index < -0.39 is 0 Å². The predicted molar refractivity (Wildman–Crippen MR) is 74.6 cm³/mol. The van der Waals surface area contributed by atoms with Crippen LogP contribution in [0.15, 0.2) is 24.3 Å². The SMILES string of the molecule is OC(c1ccccc1C1CCC1)C1CCCCC1. The van der Waals surface area contributed by atoms with Crippen LogP contribution in [-0.2, 0) is 0 Å². The van der Waals surface area contributed by atoms with Gasteiger partial charge in [-0.2, -0.15) is 0 Å². The number of aliphatic hydroxyl groups excluding tert-OH is 1. The number of benzene rings is 1. The van der Waals surface area contributed by atoms with Crippen LogP contribution in [0, 0.1) is 5.92 Å². The van der Waals surface area contributed by atoms with Gasteiger partial charge in [-0.05, 0) is 48.6 Å². The molecule has 3 rings (SSSR count). The average molecular weight is 244 g/mol. The van der Waals surface area contributed by atoms with Gasteiger partial charge < -0.3 is 5.11 Å². The third-order valence-electron chi connectivity index (χ3n) is 4.96. The summed E-state index contributed by atoms with van der Waals surface area (Å²) in [7, 11) is 0. The highest BCUT2D eigenvalue weighted by atomic mass is 16.3. The van der Waals surface area contributed by atoms with E-state index in [1.807, 2.05) is 0 Å². The van der Waals surface area contributed by atoms with E-state index >= 15 is 0 Å². The maximum atomic E-state index is 10.7. The third-order valence-corrected chi connectivity index (χ3v) is 4.96. The molecule has 0 saturated heterocycles. The second-order valence-corrected chi connectivity index (χ2v) is 6.10. The van der Waals surface area contributed by atoms with Crippen LogP contribution in [0.4, 0.5) is 0 Å². The van der Waals surface area contributed by atoms with Gasteiger partial charge in [0.05, 0.1) is 6.10 Å². The first-order chi connectivity index (χ1) is 8.86. The molecular formula is C17H24O. The van der Waals surface area contributed by atoms with Crippen LogP contribution >= 0.6 is 0 Å². The molecule has 0 amide bonds. The number of hydrogen-bond acceptors (Lipinski definition) is 1. The molecule has 2 aliphatic carbocycles. The Morgan fingerprint density at radius 2 is 1.61 bits per heavy atom. The van der Waals surface area contributed by atoms with Crippen LogP contribution in [0.1, 0.15) is 74.5 Å². The second-order valence-electron chi connectivity index (χ2n) is 6.10. The lowest BCUT2D eigenvalue weighted by Crippen LogP contribution is -2.19. The molecule has 0 radical (unpaired) electrons. The first kappa shape index (κ1) is 12.2. The summed E-state index contributed by atoms with van der Waals surface area (Å²) in [5, 5.41) is 10.7. The standard InChI is InChI=1S/C17H24O/c18-17(14-7-2-1-3-8-14)16-12-5-4-11-15(16)13-9-6-10-13/h4-5,11-14,17-18H,1-3,6-10H2. The smallest absolute Gasteiger partial charge is 0.0820 e. The Hall–Kier alpha value is -0.820. The van der Waals surface area contributed by atoms with Crippen molar-refractivity contribution in [3.63, 3.8) is 0 Å². The first-order valence-corrected chi connectivity index (χ1v) is 7.63. The largest absolute Gasteiger partial charge is 0.388 e. The Balaban J connectivity index is 1.81. The molecule has 2 saturated carbocycles. The highest BCUT2D eigenvalue weighted by molar-refractivity contribution is 5.33. The minimum Gasteiger partial charge on any atom is -0.388 e. The molecule has 0 aliphatic heterocycles. The van der Waals surface area contributed by atoms with Gasteiger partial charge in [0.15, 0.2) is 0 Å². The first-order valence-electron chi connectivity index (χ1n) is 7.63. The molecule has 1 atom stereocenters. The summed E-state index contributed by atoms with van der Waals surface area (Å²) < 4.78 is 0. The van der Waals surface area contributed by atoms with Crippen molar-refractivity contribution in [2.24, 2.45) is 5.92 Å². The van der Waals surface area contributed by atoms with Gasteiger partial charge in [0, 0.05) is 0 Å². The van der Waals surface area contributed by atoms with Gasteiger partial charge in [-0.25, -0.2) is 0 Å². The van der Waals surface area contributed by atoms with Gasteiger partial charge in [-0.1, -0.05) is 49.9 Å². The zero-order valence-electron chi connectivity index (χ0n) is 11.1. The molecule has 0 heterocycles. The normalized spacial score (nSPS) is 23.6.